The summed E-state index contributed by atoms with van der Waals surface area (Å²) in [7, 11) is 0. The maximum Gasteiger partial charge on any atom is 0.186 e. The summed E-state index contributed by atoms with van der Waals surface area (Å²) in [5.41, 5.74) is 7.87. The lowest BCUT2D eigenvalue weighted by atomic mass is 10.3. The van der Waals surface area contributed by atoms with Gasteiger partial charge in [0.2, 0.25) is 0 Å². The van der Waals surface area contributed by atoms with Crippen molar-refractivity contribution >= 4 is 45.1 Å². The van der Waals surface area contributed by atoms with Crippen molar-refractivity contribution in [3.8, 4) is 0 Å². The fourth-order valence-corrected chi connectivity index (χ4v) is 2.87. The quantitative estimate of drug-likeness (QED) is 0.179. The molecular formula is C13H14BrFN6O2S. The Balaban J connectivity index is 2.15. The molecule has 0 aliphatic carbocycles. The lowest BCUT2D eigenvalue weighted by Crippen LogP contribution is -2.21. The van der Waals surface area contributed by atoms with Crippen LogP contribution in [0.5, 0.6) is 0 Å². The first-order chi connectivity index (χ1) is 11.5. The third kappa shape index (κ3) is 5.01. The second-order valence-corrected chi connectivity index (χ2v) is 6.50. The first-order valence-corrected chi connectivity index (χ1v) is 8.51. The second-order valence-electron chi connectivity index (χ2n) is 4.57. The topological polar surface area (TPSA) is 133 Å². The SMILES string of the molecule is N=C(N)CCCSc1nonc1C(=Nc1ccc(F)c(Br)c1)NO. The van der Waals surface area contributed by atoms with Gasteiger partial charge < -0.3 is 5.73 Å². The fraction of sp³-hybridized carbons (Fsp3) is 0.231. The lowest BCUT2D eigenvalue weighted by molar-refractivity contribution is 0.234. The number of aliphatic imine (C=N–C) groups is 1. The van der Waals surface area contributed by atoms with E-state index in [1.165, 1.54) is 30.0 Å². The summed E-state index contributed by atoms with van der Waals surface area (Å²) in [5.74, 6) is 0.359. The summed E-state index contributed by atoms with van der Waals surface area (Å²) in [4.78, 5) is 4.17. The molecule has 1 heterocycles. The number of nitrogens with one attached hydrogen (secondary N) is 2. The zero-order valence-corrected chi connectivity index (χ0v) is 14.7. The van der Waals surface area contributed by atoms with Crippen LogP contribution in [0.4, 0.5) is 10.1 Å². The zero-order chi connectivity index (χ0) is 17.5. The Labute approximate surface area is 149 Å². The molecule has 0 unspecified atom stereocenters. The van der Waals surface area contributed by atoms with Crippen LogP contribution in [0.1, 0.15) is 18.5 Å². The number of hydroxylamine groups is 1. The normalized spacial score (nSPS) is 11.5. The predicted molar refractivity (Wildman–Crippen MR) is 91.4 cm³/mol. The molecule has 0 bridgehead atoms. The Morgan fingerprint density at radius 3 is 2.96 bits per heavy atom. The van der Waals surface area contributed by atoms with E-state index < -0.39 is 5.82 Å². The number of aromatic nitrogens is 2. The molecule has 0 amide bonds. The van der Waals surface area contributed by atoms with Crippen LogP contribution in [0.15, 0.2) is 37.3 Å². The highest BCUT2D eigenvalue weighted by Crippen LogP contribution is 2.24. The molecule has 0 fully saturated rings. The Bertz CT molecular complexity index is 754. The third-order valence-corrected chi connectivity index (χ3v) is 4.40. The van der Waals surface area contributed by atoms with Crippen LogP contribution in [0.25, 0.3) is 0 Å². The van der Waals surface area contributed by atoms with Crippen molar-refractivity contribution < 1.29 is 14.2 Å². The summed E-state index contributed by atoms with van der Waals surface area (Å²) >= 11 is 4.40. The van der Waals surface area contributed by atoms with Gasteiger partial charge in [0.15, 0.2) is 16.6 Å². The zero-order valence-electron chi connectivity index (χ0n) is 12.3. The van der Waals surface area contributed by atoms with Crippen molar-refractivity contribution in [1.82, 2.24) is 15.8 Å². The first-order valence-electron chi connectivity index (χ1n) is 6.73. The van der Waals surface area contributed by atoms with E-state index in [1.807, 2.05) is 5.48 Å². The van der Waals surface area contributed by atoms with Crippen LogP contribution < -0.4 is 11.2 Å². The number of hydrogen-bond donors (Lipinski definition) is 4. The van der Waals surface area contributed by atoms with Crippen LogP contribution in [-0.2, 0) is 0 Å². The molecule has 0 atom stereocenters. The average molecular weight is 417 g/mol. The van der Waals surface area contributed by atoms with Crippen molar-refractivity contribution in [2.75, 3.05) is 5.75 Å². The number of nitrogens with zero attached hydrogens (tertiary/aromatic N) is 3. The minimum Gasteiger partial charge on any atom is -0.388 e. The van der Waals surface area contributed by atoms with Crippen molar-refractivity contribution in [3.05, 3.63) is 34.2 Å². The number of nitrogens with two attached hydrogens (primary N) is 1. The van der Waals surface area contributed by atoms with Crippen LogP contribution in [0.2, 0.25) is 0 Å². The lowest BCUT2D eigenvalue weighted by Gasteiger charge is -2.04. The van der Waals surface area contributed by atoms with Gasteiger partial charge in [-0.3, -0.25) is 16.1 Å². The minimum atomic E-state index is -0.419. The maximum absolute atomic E-state index is 13.3. The standard InChI is InChI=1S/C13H14BrFN6O2S/c14-8-6-7(3-4-9(8)15)18-12(19-22)11-13(21-23-20-11)24-5-1-2-10(16)17/h3-4,6,22H,1-2,5H2,(H3,16,17)(H,18,19). The highest BCUT2D eigenvalue weighted by atomic mass is 79.9. The molecule has 8 nitrogen and oxygen atoms in total. The molecule has 0 aliphatic heterocycles. The van der Waals surface area contributed by atoms with Gasteiger partial charge >= 0.3 is 0 Å². The second kappa shape index (κ2) is 8.76. The number of rotatable bonds is 7. The van der Waals surface area contributed by atoms with E-state index in [2.05, 4.69) is 31.2 Å². The molecule has 5 N–H and O–H groups in total. The fourth-order valence-electron chi connectivity index (χ4n) is 1.67. The number of hydrogen-bond acceptors (Lipinski definition) is 7. The highest BCUT2D eigenvalue weighted by molar-refractivity contribution is 9.10. The molecule has 0 radical (unpaired) electrons. The molecule has 1 aromatic carbocycles. The summed E-state index contributed by atoms with van der Waals surface area (Å²) in [6, 6.07) is 4.15. The van der Waals surface area contributed by atoms with Gasteiger partial charge in [0.25, 0.3) is 0 Å². The predicted octanol–water partition coefficient (Wildman–Crippen LogP) is 2.84. The Morgan fingerprint density at radius 1 is 1.50 bits per heavy atom. The Hall–Kier alpha value is -1.98. The van der Waals surface area contributed by atoms with Crippen LogP contribution >= 0.6 is 27.7 Å². The average Bonchev–Trinajstić information content (AvgIpc) is 3.00. The van der Waals surface area contributed by atoms with Gasteiger partial charge in [-0.15, -0.1) is 11.8 Å². The highest BCUT2D eigenvalue weighted by Gasteiger charge is 2.17. The van der Waals surface area contributed by atoms with Crippen molar-refractivity contribution in [2.24, 2.45) is 10.7 Å². The van der Waals surface area contributed by atoms with Crippen LogP contribution in [-0.4, -0.2) is 32.9 Å². The summed E-state index contributed by atoms with van der Waals surface area (Å²) < 4.78 is 18.2. The Kier molecular flexibility index (Phi) is 6.70. The molecule has 0 saturated heterocycles. The molecule has 0 saturated carbocycles. The van der Waals surface area contributed by atoms with Gasteiger partial charge in [0.05, 0.1) is 16.0 Å². The van der Waals surface area contributed by atoms with E-state index in [0.29, 0.717) is 29.3 Å². The van der Waals surface area contributed by atoms with E-state index in [1.54, 1.807) is 0 Å². The summed E-state index contributed by atoms with van der Waals surface area (Å²) in [5, 5.41) is 24.4. The van der Waals surface area contributed by atoms with E-state index in [0.717, 1.165) is 0 Å². The van der Waals surface area contributed by atoms with E-state index in [-0.39, 0.29) is 21.8 Å². The van der Waals surface area contributed by atoms with Gasteiger partial charge in [0.1, 0.15) is 5.82 Å². The molecule has 128 valence electrons. The molecule has 2 rings (SSSR count). The molecule has 0 aliphatic rings. The first kappa shape index (κ1) is 18.4. The maximum atomic E-state index is 13.3. The summed E-state index contributed by atoms with van der Waals surface area (Å²) in [6.07, 6.45) is 1.17. The molecular weight excluding hydrogens is 403 g/mol. The van der Waals surface area contributed by atoms with Crippen LogP contribution in [0, 0.1) is 11.2 Å². The van der Waals surface area contributed by atoms with Crippen molar-refractivity contribution in [3.63, 3.8) is 0 Å². The van der Waals surface area contributed by atoms with Gasteiger partial charge in [-0.25, -0.2) is 14.0 Å². The van der Waals surface area contributed by atoms with Gasteiger partial charge in [-0.1, -0.05) is 0 Å². The molecule has 24 heavy (non-hydrogen) atoms. The summed E-state index contributed by atoms with van der Waals surface area (Å²) in [6.45, 7) is 0. The van der Waals surface area contributed by atoms with E-state index in [9.17, 15) is 9.60 Å². The largest absolute Gasteiger partial charge is 0.388 e. The van der Waals surface area contributed by atoms with E-state index >= 15 is 0 Å². The molecule has 1 aromatic heterocycles. The smallest absolute Gasteiger partial charge is 0.186 e. The van der Waals surface area contributed by atoms with Crippen molar-refractivity contribution in [2.45, 2.75) is 17.9 Å². The van der Waals surface area contributed by atoms with Gasteiger partial charge in [-0.05, 0) is 50.9 Å². The van der Waals surface area contributed by atoms with Crippen molar-refractivity contribution in [1.29, 1.82) is 5.41 Å². The Morgan fingerprint density at radius 2 is 2.29 bits per heavy atom. The number of amidine groups is 2. The third-order valence-electron chi connectivity index (χ3n) is 2.76. The van der Waals surface area contributed by atoms with Gasteiger partial charge in [-0.2, -0.15) is 0 Å². The number of benzene rings is 1. The molecule has 0 spiro atoms. The number of thioether (sulfide) groups is 1. The molecule has 2 aromatic rings. The van der Waals surface area contributed by atoms with Gasteiger partial charge in [0, 0.05) is 12.2 Å². The monoisotopic (exact) mass is 416 g/mol. The molecule has 11 heteroatoms. The van der Waals surface area contributed by atoms with Crippen LogP contribution in [0.3, 0.4) is 0 Å². The number of halogens is 2. The van der Waals surface area contributed by atoms with E-state index in [4.69, 9.17) is 15.8 Å². The minimum absolute atomic E-state index is 0.0174.